The Morgan fingerprint density at radius 3 is 2.64 bits per heavy atom. The van der Waals surface area contributed by atoms with E-state index in [1.807, 2.05) is 39.0 Å². The Balaban J connectivity index is 1.73. The van der Waals surface area contributed by atoms with Crippen LogP contribution in [0.25, 0.3) is 0 Å². The molecule has 0 aromatic heterocycles. The lowest BCUT2D eigenvalue weighted by molar-refractivity contribution is 0.127. The molecule has 0 unspecified atom stereocenters. The molecule has 0 spiro atoms. The minimum atomic E-state index is -0.595. The Kier molecular flexibility index (Phi) is 6.39. The molecule has 1 heterocycles. The molecule has 0 N–H and O–H groups in total. The lowest BCUT2D eigenvalue weighted by Gasteiger charge is -2.23. The van der Waals surface area contributed by atoms with Gasteiger partial charge in [0.25, 0.3) is 0 Å². The van der Waals surface area contributed by atoms with Crippen molar-refractivity contribution in [2.24, 2.45) is 0 Å². The van der Waals surface area contributed by atoms with Crippen LogP contribution in [0.2, 0.25) is 0 Å². The largest absolute Gasteiger partial charge is 0.494 e. The predicted octanol–water partition coefficient (Wildman–Crippen LogP) is 4.75. The molecule has 2 aromatic carbocycles. The van der Waals surface area contributed by atoms with E-state index in [1.165, 1.54) is 6.07 Å². The highest BCUT2D eigenvalue weighted by Crippen LogP contribution is 2.32. The zero-order valence-corrected chi connectivity index (χ0v) is 16.5. The molecule has 28 heavy (non-hydrogen) atoms. The van der Waals surface area contributed by atoms with E-state index in [0.29, 0.717) is 31.7 Å². The van der Waals surface area contributed by atoms with Gasteiger partial charge in [0.15, 0.2) is 0 Å². The molecule has 6 heteroatoms. The first-order chi connectivity index (χ1) is 13.5. The lowest BCUT2D eigenvalue weighted by Crippen LogP contribution is -2.35. The molecular formula is C22H26FNO4. The fourth-order valence-corrected chi connectivity index (χ4v) is 3.42. The molecule has 1 aliphatic rings. The van der Waals surface area contributed by atoms with Crippen molar-refractivity contribution in [2.75, 3.05) is 19.8 Å². The van der Waals surface area contributed by atoms with Gasteiger partial charge in [-0.1, -0.05) is 24.3 Å². The van der Waals surface area contributed by atoms with Gasteiger partial charge < -0.3 is 19.1 Å². The first kappa shape index (κ1) is 20.0. The summed E-state index contributed by atoms with van der Waals surface area (Å²) in [5.74, 6) is 1.14. The molecule has 0 saturated carbocycles. The van der Waals surface area contributed by atoms with E-state index < -0.39 is 12.2 Å². The van der Waals surface area contributed by atoms with Crippen LogP contribution in [0.5, 0.6) is 11.5 Å². The van der Waals surface area contributed by atoms with Crippen molar-refractivity contribution < 1.29 is 23.4 Å². The number of rotatable bonds is 8. The quantitative estimate of drug-likeness (QED) is 0.656. The third-order valence-corrected chi connectivity index (χ3v) is 4.79. The van der Waals surface area contributed by atoms with Crippen molar-refractivity contribution in [1.82, 2.24) is 4.90 Å². The summed E-state index contributed by atoms with van der Waals surface area (Å²) in [7, 11) is 0. The average Bonchev–Trinajstić information content (AvgIpc) is 3.06. The number of carbonyl (C=O) groups is 1. The second-order valence-electron chi connectivity index (χ2n) is 6.73. The highest BCUT2D eigenvalue weighted by atomic mass is 19.1. The van der Waals surface area contributed by atoms with Gasteiger partial charge in [-0.3, -0.25) is 0 Å². The second-order valence-corrected chi connectivity index (χ2v) is 6.73. The van der Waals surface area contributed by atoms with Crippen LogP contribution >= 0.6 is 0 Å². The Labute approximate surface area is 165 Å². The maximum Gasteiger partial charge on any atom is 0.410 e. The molecule has 0 aliphatic carbocycles. The molecule has 1 fully saturated rings. The van der Waals surface area contributed by atoms with Crippen molar-refractivity contribution in [2.45, 2.75) is 39.3 Å². The van der Waals surface area contributed by atoms with Crippen LogP contribution in [-0.4, -0.2) is 36.8 Å². The highest BCUT2D eigenvalue weighted by Gasteiger charge is 2.36. The minimum Gasteiger partial charge on any atom is -0.494 e. The Morgan fingerprint density at radius 1 is 1.18 bits per heavy atom. The summed E-state index contributed by atoms with van der Waals surface area (Å²) in [4.78, 5) is 14.0. The smallest absolute Gasteiger partial charge is 0.410 e. The topological polar surface area (TPSA) is 48.0 Å². The average molecular weight is 387 g/mol. The molecule has 0 bridgehead atoms. The van der Waals surface area contributed by atoms with E-state index in [9.17, 15) is 9.18 Å². The van der Waals surface area contributed by atoms with Crippen molar-refractivity contribution in [3.8, 4) is 11.5 Å². The molecule has 1 saturated heterocycles. The van der Waals surface area contributed by atoms with Crippen LogP contribution in [0.4, 0.5) is 9.18 Å². The third kappa shape index (κ3) is 4.38. The molecule has 2 aromatic rings. The van der Waals surface area contributed by atoms with Gasteiger partial charge in [-0.2, -0.15) is 0 Å². The number of hydrogen-bond acceptors (Lipinski definition) is 4. The summed E-state index contributed by atoms with van der Waals surface area (Å²) < 4.78 is 30.8. The van der Waals surface area contributed by atoms with E-state index in [0.717, 1.165) is 17.1 Å². The molecule has 0 radical (unpaired) electrons. The van der Waals surface area contributed by atoms with Gasteiger partial charge in [0.05, 0.1) is 19.8 Å². The van der Waals surface area contributed by atoms with Gasteiger partial charge in [-0.25, -0.2) is 9.18 Å². The number of ether oxygens (including phenoxy) is 3. The summed E-state index contributed by atoms with van der Waals surface area (Å²) in [5.41, 5.74) is 1.39. The second kappa shape index (κ2) is 8.95. The summed E-state index contributed by atoms with van der Waals surface area (Å²) >= 11 is 0. The van der Waals surface area contributed by atoms with Crippen LogP contribution in [0.3, 0.4) is 0 Å². The van der Waals surface area contributed by atoms with Crippen LogP contribution in [0, 0.1) is 5.82 Å². The minimum absolute atomic E-state index is 0.124. The van der Waals surface area contributed by atoms with Crippen molar-refractivity contribution >= 4 is 6.09 Å². The summed E-state index contributed by atoms with van der Waals surface area (Å²) in [6, 6.07) is 12.0. The SMILES string of the molecule is CCOc1ccc(C[C@@H](C)N2C[C@@H](c3ccccc3F)OC2=O)c(OCC)c1. The molecule has 5 nitrogen and oxygen atoms in total. The van der Waals surface area contributed by atoms with Gasteiger partial charge in [0, 0.05) is 17.7 Å². The van der Waals surface area contributed by atoms with Crippen LogP contribution < -0.4 is 9.47 Å². The molecule has 150 valence electrons. The molecule has 1 aliphatic heterocycles. The van der Waals surface area contributed by atoms with Gasteiger partial charge in [-0.05, 0) is 44.9 Å². The van der Waals surface area contributed by atoms with Crippen molar-refractivity contribution in [3.63, 3.8) is 0 Å². The van der Waals surface area contributed by atoms with Gasteiger partial charge >= 0.3 is 6.09 Å². The zero-order valence-electron chi connectivity index (χ0n) is 16.5. The number of cyclic esters (lactones) is 1. The van der Waals surface area contributed by atoms with E-state index in [4.69, 9.17) is 14.2 Å². The van der Waals surface area contributed by atoms with E-state index in [-0.39, 0.29) is 11.9 Å². The third-order valence-electron chi connectivity index (χ3n) is 4.79. The maximum atomic E-state index is 14.0. The summed E-state index contributed by atoms with van der Waals surface area (Å²) in [6.07, 6.45) is -0.423. The van der Waals surface area contributed by atoms with Crippen LogP contribution in [-0.2, 0) is 11.2 Å². The molecule has 1 amide bonds. The fourth-order valence-electron chi connectivity index (χ4n) is 3.42. The van der Waals surface area contributed by atoms with E-state index in [2.05, 4.69) is 0 Å². The first-order valence-corrected chi connectivity index (χ1v) is 9.63. The number of amides is 1. The van der Waals surface area contributed by atoms with E-state index >= 15 is 0 Å². The lowest BCUT2D eigenvalue weighted by atomic mass is 10.0. The highest BCUT2D eigenvalue weighted by molar-refractivity contribution is 5.70. The van der Waals surface area contributed by atoms with Crippen molar-refractivity contribution in [3.05, 3.63) is 59.4 Å². The summed E-state index contributed by atoms with van der Waals surface area (Å²) in [6.45, 7) is 7.26. The van der Waals surface area contributed by atoms with Crippen molar-refractivity contribution in [1.29, 1.82) is 0 Å². The normalized spacial score (nSPS) is 17.4. The number of benzene rings is 2. The number of hydrogen-bond donors (Lipinski definition) is 0. The summed E-state index contributed by atoms with van der Waals surface area (Å²) in [5, 5.41) is 0. The molecular weight excluding hydrogens is 361 g/mol. The fraction of sp³-hybridized carbons (Fsp3) is 0.409. The zero-order chi connectivity index (χ0) is 20.1. The Morgan fingerprint density at radius 2 is 1.93 bits per heavy atom. The monoisotopic (exact) mass is 387 g/mol. The first-order valence-electron chi connectivity index (χ1n) is 9.63. The number of halogens is 1. The maximum absolute atomic E-state index is 14.0. The van der Waals surface area contributed by atoms with E-state index in [1.54, 1.807) is 23.1 Å². The number of carbonyl (C=O) groups excluding carboxylic acids is 1. The van der Waals surface area contributed by atoms with Crippen LogP contribution in [0.15, 0.2) is 42.5 Å². The predicted molar refractivity (Wildman–Crippen MR) is 104 cm³/mol. The molecule has 2 atom stereocenters. The van der Waals surface area contributed by atoms with Crippen LogP contribution in [0.1, 0.15) is 38.0 Å². The Bertz CT molecular complexity index is 826. The number of nitrogens with zero attached hydrogens (tertiary/aromatic N) is 1. The van der Waals surface area contributed by atoms with Gasteiger partial charge in [0.2, 0.25) is 0 Å². The standard InChI is InChI=1S/C22H26FNO4/c1-4-26-17-11-10-16(20(13-17)27-5-2)12-15(3)24-14-21(28-22(24)25)18-8-6-7-9-19(18)23/h6-11,13,15,21H,4-5,12,14H2,1-3H3/t15-,21+/m1/s1. The molecule has 3 rings (SSSR count). The van der Waals surface area contributed by atoms with Gasteiger partial charge in [-0.15, -0.1) is 0 Å². The Hall–Kier alpha value is -2.76. The van der Waals surface area contributed by atoms with Gasteiger partial charge in [0.1, 0.15) is 23.4 Å².